The quantitative estimate of drug-likeness (QED) is 0.386. The van der Waals surface area contributed by atoms with Gasteiger partial charge in [-0.25, -0.2) is 0 Å². The van der Waals surface area contributed by atoms with E-state index in [0.717, 1.165) is 0 Å². The topological polar surface area (TPSA) is 66.4 Å². The first-order valence-corrected chi connectivity index (χ1v) is 11.2. The van der Waals surface area contributed by atoms with Crippen molar-refractivity contribution in [1.82, 2.24) is 0 Å². The predicted molar refractivity (Wildman–Crippen MR) is 95.3 cm³/mol. The number of hydrogen-bond donors (Lipinski definition) is 1. The Kier molecular flexibility index (Phi) is 8.06. The van der Waals surface area contributed by atoms with Crippen LogP contribution in [0.3, 0.4) is 0 Å². The van der Waals surface area contributed by atoms with Gasteiger partial charge in [-0.3, -0.25) is 0 Å². The smallest absolute Gasteiger partial charge is 0.192 e. The zero-order valence-electron chi connectivity index (χ0n) is 16.1. The van der Waals surface area contributed by atoms with Crippen molar-refractivity contribution in [2.45, 2.75) is 63.3 Å². The van der Waals surface area contributed by atoms with Crippen molar-refractivity contribution >= 4 is 8.32 Å². The SMILES string of the molecule is C=C[C@H]1[C@H](O)[C@H](O[Si](C)(C)C(C)(C)C)[C@@H](OCOC)[C@H]1OCOC. The van der Waals surface area contributed by atoms with Crippen molar-refractivity contribution < 1.29 is 28.5 Å². The highest BCUT2D eigenvalue weighted by atomic mass is 28.4. The van der Waals surface area contributed by atoms with E-state index in [1.54, 1.807) is 20.3 Å². The Morgan fingerprint density at radius 1 is 1.00 bits per heavy atom. The molecule has 0 amide bonds. The third kappa shape index (κ3) is 4.88. The molecule has 0 aromatic rings. The van der Waals surface area contributed by atoms with E-state index < -0.39 is 32.7 Å². The molecule has 1 N–H and O–H groups in total. The molecule has 6 nitrogen and oxygen atoms in total. The summed E-state index contributed by atoms with van der Waals surface area (Å²) in [6, 6.07) is 0. The van der Waals surface area contributed by atoms with Gasteiger partial charge in [0.05, 0.1) is 12.2 Å². The summed E-state index contributed by atoms with van der Waals surface area (Å²) in [4.78, 5) is 0. The Labute approximate surface area is 147 Å². The molecule has 5 atom stereocenters. The molecule has 0 heterocycles. The van der Waals surface area contributed by atoms with Gasteiger partial charge in [0.25, 0.3) is 0 Å². The average Bonchev–Trinajstić information content (AvgIpc) is 2.73. The number of rotatable bonds is 9. The molecule has 0 aromatic carbocycles. The van der Waals surface area contributed by atoms with Crippen LogP contribution in [0.15, 0.2) is 12.7 Å². The lowest BCUT2D eigenvalue weighted by atomic mass is 10.0. The molecule has 1 fully saturated rings. The van der Waals surface area contributed by atoms with Crippen molar-refractivity contribution in [2.75, 3.05) is 27.8 Å². The Hall–Kier alpha value is -0.283. The number of methoxy groups -OCH3 is 2. The highest BCUT2D eigenvalue weighted by molar-refractivity contribution is 6.74. The van der Waals surface area contributed by atoms with Gasteiger partial charge in [0.15, 0.2) is 8.32 Å². The lowest BCUT2D eigenvalue weighted by Gasteiger charge is -2.40. The van der Waals surface area contributed by atoms with Crippen LogP contribution in [0, 0.1) is 5.92 Å². The third-order valence-electron chi connectivity index (χ3n) is 5.02. The lowest BCUT2D eigenvalue weighted by Crippen LogP contribution is -2.50. The van der Waals surface area contributed by atoms with Gasteiger partial charge >= 0.3 is 0 Å². The van der Waals surface area contributed by atoms with E-state index in [2.05, 4.69) is 40.4 Å². The molecule has 1 aliphatic carbocycles. The molecule has 24 heavy (non-hydrogen) atoms. The fraction of sp³-hybridized carbons (Fsp3) is 0.882. The predicted octanol–water partition coefficient (Wildman–Crippen LogP) is 2.53. The van der Waals surface area contributed by atoms with Crippen LogP contribution in [0.2, 0.25) is 18.1 Å². The van der Waals surface area contributed by atoms with E-state index >= 15 is 0 Å². The van der Waals surface area contributed by atoms with Crippen LogP contribution in [0.4, 0.5) is 0 Å². The van der Waals surface area contributed by atoms with Gasteiger partial charge in [-0.15, -0.1) is 6.58 Å². The van der Waals surface area contributed by atoms with Gasteiger partial charge < -0.3 is 28.5 Å². The van der Waals surface area contributed by atoms with Crippen molar-refractivity contribution in [3.8, 4) is 0 Å². The molecule has 0 bridgehead atoms. The molecule has 0 unspecified atom stereocenters. The standard InChI is InChI=1S/C17H34O6Si/c1-9-12-13(18)15(23-24(7,8)17(2,3)4)16(22-11-20-6)14(12)21-10-19-5/h9,12-16,18H,1,10-11H2,2-8H3/t12-,13-,14-,15-,16-/m0/s1. The van der Waals surface area contributed by atoms with E-state index in [1.165, 1.54) is 0 Å². The van der Waals surface area contributed by atoms with Crippen LogP contribution in [0.1, 0.15) is 20.8 Å². The largest absolute Gasteiger partial charge is 0.408 e. The summed E-state index contributed by atoms with van der Waals surface area (Å²) in [6.45, 7) is 14.8. The minimum atomic E-state index is -2.10. The highest BCUT2D eigenvalue weighted by Crippen LogP contribution is 2.42. The van der Waals surface area contributed by atoms with Crippen molar-refractivity contribution in [2.24, 2.45) is 5.92 Å². The second-order valence-electron chi connectivity index (χ2n) is 7.72. The van der Waals surface area contributed by atoms with Crippen LogP contribution in [-0.4, -0.2) is 65.6 Å². The van der Waals surface area contributed by atoms with Gasteiger partial charge in [-0.2, -0.15) is 0 Å². The maximum absolute atomic E-state index is 10.8. The summed E-state index contributed by atoms with van der Waals surface area (Å²) >= 11 is 0. The van der Waals surface area contributed by atoms with Crippen molar-refractivity contribution in [3.63, 3.8) is 0 Å². The van der Waals surface area contributed by atoms with Crippen LogP contribution < -0.4 is 0 Å². The van der Waals surface area contributed by atoms with Crippen LogP contribution in [0.25, 0.3) is 0 Å². The molecule has 0 aliphatic heterocycles. The Morgan fingerprint density at radius 3 is 1.92 bits per heavy atom. The van der Waals surface area contributed by atoms with Gasteiger partial charge in [-0.05, 0) is 18.1 Å². The number of aliphatic hydroxyl groups is 1. The normalized spacial score (nSPS) is 31.4. The summed E-state index contributed by atoms with van der Waals surface area (Å²) in [5, 5.41) is 10.8. The summed E-state index contributed by atoms with van der Waals surface area (Å²) in [7, 11) is 1.02. The Balaban J connectivity index is 3.06. The minimum absolute atomic E-state index is 0.0215. The molecular formula is C17H34O6Si. The van der Waals surface area contributed by atoms with E-state index in [-0.39, 0.29) is 24.5 Å². The maximum Gasteiger partial charge on any atom is 0.192 e. The zero-order valence-corrected chi connectivity index (χ0v) is 17.1. The Morgan fingerprint density at radius 2 is 1.50 bits per heavy atom. The van der Waals surface area contributed by atoms with Crippen LogP contribution in [-0.2, 0) is 23.4 Å². The molecule has 1 saturated carbocycles. The van der Waals surface area contributed by atoms with Crippen molar-refractivity contribution in [1.29, 1.82) is 0 Å². The molecule has 142 valence electrons. The van der Waals surface area contributed by atoms with Gasteiger partial charge in [0, 0.05) is 20.1 Å². The first-order valence-electron chi connectivity index (χ1n) is 8.30. The number of ether oxygens (including phenoxy) is 4. The molecule has 7 heteroatoms. The van der Waals surface area contributed by atoms with Crippen molar-refractivity contribution in [3.05, 3.63) is 12.7 Å². The summed E-state index contributed by atoms with van der Waals surface area (Å²) in [6.07, 6.45) is -0.399. The fourth-order valence-electron chi connectivity index (χ4n) is 2.63. The second-order valence-corrected chi connectivity index (χ2v) is 12.5. The van der Waals surface area contributed by atoms with E-state index in [1.807, 2.05) is 0 Å². The Bertz CT molecular complexity index is 395. The molecule has 0 aromatic heterocycles. The van der Waals surface area contributed by atoms with E-state index in [9.17, 15) is 5.11 Å². The van der Waals surface area contributed by atoms with Gasteiger partial charge in [-0.1, -0.05) is 26.8 Å². The number of hydrogen-bond acceptors (Lipinski definition) is 6. The van der Waals surface area contributed by atoms with Gasteiger partial charge in [0.2, 0.25) is 0 Å². The average molecular weight is 363 g/mol. The zero-order chi connectivity index (χ0) is 18.5. The molecular weight excluding hydrogens is 328 g/mol. The lowest BCUT2D eigenvalue weighted by molar-refractivity contribution is -0.168. The summed E-state index contributed by atoms with van der Waals surface area (Å²) in [5.41, 5.74) is 0. The van der Waals surface area contributed by atoms with E-state index in [0.29, 0.717) is 0 Å². The maximum atomic E-state index is 10.8. The first-order chi connectivity index (χ1) is 11.1. The highest BCUT2D eigenvalue weighted by Gasteiger charge is 2.54. The molecule has 1 aliphatic rings. The van der Waals surface area contributed by atoms with E-state index in [4.69, 9.17) is 23.4 Å². The minimum Gasteiger partial charge on any atom is -0.408 e. The number of aliphatic hydroxyl groups excluding tert-OH is 1. The fourth-order valence-corrected chi connectivity index (χ4v) is 3.94. The molecule has 0 spiro atoms. The molecule has 0 radical (unpaired) electrons. The third-order valence-corrected chi connectivity index (χ3v) is 9.50. The summed E-state index contributed by atoms with van der Waals surface area (Å²) < 4.78 is 28.1. The van der Waals surface area contributed by atoms with Crippen LogP contribution in [0.5, 0.6) is 0 Å². The second kappa shape index (κ2) is 8.89. The van der Waals surface area contributed by atoms with Gasteiger partial charge in [0.1, 0.15) is 25.8 Å². The van der Waals surface area contributed by atoms with Crippen LogP contribution >= 0.6 is 0 Å². The summed E-state index contributed by atoms with van der Waals surface area (Å²) in [5.74, 6) is -0.295. The molecule has 1 rings (SSSR count). The monoisotopic (exact) mass is 362 g/mol. The first kappa shape index (κ1) is 21.8. The molecule has 0 saturated heterocycles.